The van der Waals surface area contributed by atoms with Crippen LogP contribution in [0.1, 0.15) is 40.0 Å². The van der Waals surface area contributed by atoms with E-state index >= 15 is 0 Å². The number of nitrogens with one attached hydrogen (secondary N) is 1. The highest BCUT2D eigenvalue weighted by atomic mass is 16.5. The van der Waals surface area contributed by atoms with Crippen LogP contribution in [-0.4, -0.2) is 12.6 Å². The van der Waals surface area contributed by atoms with E-state index in [9.17, 15) is 0 Å². The van der Waals surface area contributed by atoms with Crippen LogP contribution in [0.4, 0.5) is 5.69 Å². The zero-order valence-corrected chi connectivity index (χ0v) is 13.1. The minimum atomic E-state index is 0.0954. The average molecular weight is 284 g/mol. The summed E-state index contributed by atoms with van der Waals surface area (Å²) in [6, 6.07) is 10.5. The summed E-state index contributed by atoms with van der Waals surface area (Å²) in [5.74, 6) is 1.59. The molecule has 0 aliphatic heterocycles. The topological polar surface area (TPSA) is 45.0 Å². The average Bonchev–Trinajstić information content (AvgIpc) is 2.93. The Bertz CT molecular complexity index is 570. The van der Waals surface area contributed by atoms with Crippen molar-refractivity contribution in [2.45, 2.75) is 46.1 Å². The van der Waals surface area contributed by atoms with E-state index in [1.165, 1.54) is 19.3 Å². The number of nitriles is 1. The lowest BCUT2D eigenvalue weighted by molar-refractivity contribution is 0.155. The maximum Gasteiger partial charge on any atom is 0.174 e. The zero-order chi connectivity index (χ0) is 15.1. The Hall–Kier alpha value is -1.69. The lowest BCUT2D eigenvalue weighted by atomic mass is 9.68. The molecule has 0 aromatic heterocycles. The molecule has 1 aromatic carbocycles. The summed E-state index contributed by atoms with van der Waals surface area (Å²) in [4.78, 5) is 0. The number of benzene rings is 1. The van der Waals surface area contributed by atoms with Gasteiger partial charge in [-0.15, -0.1) is 0 Å². The van der Waals surface area contributed by atoms with Gasteiger partial charge >= 0.3 is 0 Å². The number of hydrogen-bond acceptors (Lipinski definition) is 3. The molecule has 2 aliphatic rings. The third kappa shape index (κ3) is 2.37. The molecule has 0 heterocycles. The van der Waals surface area contributed by atoms with Crippen molar-refractivity contribution in [3.63, 3.8) is 0 Å². The number of anilines is 1. The van der Waals surface area contributed by atoms with Gasteiger partial charge in [0.15, 0.2) is 6.61 Å². The fourth-order valence-corrected chi connectivity index (χ4v) is 4.62. The molecule has 3 unspecified atom stereocenters. The molecule has 3 nitrogen and oxygen atoms in total. The van der Waals surface area contributed by atoms with Gasteiger partial charge in [0.05, 0.1) is 0 Å². The van der Waals surface area contributed by atoms with Crippen LogP contribution in [-0.2, 0) is 0 Å². The fourth-order valence-electron chi connectivity index (χ4n) is 4.62. The van der Waals surface area contributed by atoms with E-state index in [1.54, 1.807) is 0 Å². The van der Waals surface area contributed by atoms with Crippen molar-refractivity contribution in [1.29, 1.82) is 5.26 Å². The van der Waals surface area contributed by atoms with Gasteiger partial charge in [0.2, 0.25) is 0 Å². The summed E-state index contributed by atoms with van der Waals surface area (Å²) in [6.07, 6.45) is 4.03. The molecule has 2 bridgehead atoms. The Balaban J connectivity index is 1.79. The van der Waals surface area contributed by atoms with Gasteiger partial charge in [0.25, 0.3) is 0 Å². The van der Waals surface area contributed by atoms with Crippen LogP contribution in [0.2, 0.25) is 0 Å². The molecule has 1 aromatic rings. The van der Waals surface area contributed by atoms with E-state index in [4.69, 9.17) is 10.00 Å². The van der Waals surface area contributed by atoms with Crippen LogP contribution >= 0.6 is 0 Å². The van der Waals surface area contributed by atoms with Crippen molar-refractivity contribution < 1.29 is 4.74 Å². The Labute approximate surface area is 127 Å². The molecule has 2 saturated carbocycles. The third-order valence-corrected chi connectivity index (χ3v) is 5.72. The SMILES string of the molecule is CC12CCC(C1)C(C)(C)C2Nc1cccc(OCC#N)c1. The summed E-state index contributed by atoms with van der Waals surface area (Å²) in [5, 5.41) is 12.4. The van der Waals surface area contributed by atoms with E-state index in [1.807, 2.05) is 24.3 Å². The van der Waals surface area contributed by atoms with Gasteiger partial charge in [0, 0.05) is 17.8 Å². The summed E-state index contributed by atoms with van der Waals surface area (Å²) in [7, 11) is 0. The van der Waals surface area contributed by atoms with Gasteiger partial charge in [-0.25, -0.2) is 0 Å². The van der Waals surface area contributed by atoms with Gasteiger partial charge in [-0.05, 0) is 48.1 Å². The van der Waals surface area contributed by atoms with Crippen molar-refractivity contribution in [1.82, 2.24) is 0 Å². The van der Waals surface area contributed by atoms with Crippen LogP contribution in [0.15, 0.2) is 24.3 Å². The van der Waals surface area contributed by atoms with E-state index in [0.717, 1.165) is 17.4 Å². The molecule has 0 spiro atoms. The minimum Gasteiger partial charge on any atom is -0.479 e. The monoisotopic (exact) mass is 284 g/mol. The molecule has 0 radical (unpaired) electrons. The molecule has 2 fully saturated rings. The van der Waals surface area contributed by atoms with Crippen LogP contribution in [0.3, 0.4) is 0 Å². The molecule has 0 saturated heterocycles. The second kappa shape index (κ2) is 4.94. The first-order valence-corrected chi connectivity index (χ1v) is 7.82. The highest BCUT2D eigenvalue weighted by Gasteiger charge is 2.59. The van der Waals surface area contributed by atoms with Crippen molar-refractivity contribution in [2.75, 3.05) is 11.9 Å². The number of rotatable bonds is 4. The van der Waals surface area contributed by atoms with Gasteiger partial charge in [-0.3, -0.25) is 0 Å². The maximum atomic E-state index is 8.61. The molecule has 2 aliphatic carbocycles. The number of fused-ring (bicyclic) bond motifs is 2. The molecule has 3 rings (SSSR count). The number of hydrogen-bond donors (Lipinski definition) is 1. The molecule has 3 heteroatoms. The van der Waals surface area contributed by atoms with E-state index < -0.39 is 0 Å². The van der Waals surface area contributed by atoms with Gasteiger partial charge in [0.1, 0.15) is 11.8 Å². The maximum absolute atomic E-state index is 8.61. The third-order valence-electron chi connectivity index (χ3n) is 5.72. The fraction of sp³-hybridized carbons (Fsp3) is 0.611. The van der Waals surface area contributed by atoms with Crippen molar-refractivity contribution >= 4 is 5.69 Å². The smallest absolute Gasteiger partial charge is 0.174 e. The largest absolute Gasteiger partial charge is 0.479 e. The standard InChI is InChI=1S/C18H24N2O/c1-17(2)13-7-8-18(3,12-13)16(17)20-14-5-4-6-15(11-14)21-10-9-19/h4-6,11,13,16,20H,7-8,10,12H2,1-3H3. The zero-order valence-electron chi connectivity index (χ0n) is 13.1. The Morgan fingerprint density at radius 2 is 2.19 bits per heavy atom. The van der Waals surface area contributed by atoms with Crippen molar-refractivity contribution in [3.8, 4) is 11.8 Å². The van der Waals surface area contributed by atoms with E-state index in [2.05, 4.69) is 32.2 Å². The highest BCUT2D eigenvalue weighted by molar-refractivity contribution is 5.50. The van der Waals surface area contributed by atoms with Gasteiger partial charge in [-0.2, -0.15) is 5.26 Å². The van der Waals surface area contributed by atoms with Crippen molar-refractivity contribution in [3.05, 3.63) is 24.3 Å². The van der Waals surface area contributed by atoms with Crippen LogP contribution < -0.4 is 10.1 Å². The molecule has 112 valence electrons. The van der Waals surface area contributed by atoms with Crippen LogP contribution in [0, 0.1) is 28.1 Å². The Morgan fingerprint density at radius 3 is 2.86 bits per heavy atom. The van der Waals surface area contributed by atoms with Crippen LogP contribution in [0.25, 0.3) is 0 Å². The first kappa shape index (κ1) is 14.3. The Kier molecular flexibility index (Phi) is 3.36. The summed E-state index contributed by atoms with van der Waals surface area (Å²) < 4.78 is 5.40. The lowest BCUT2D eigenvalue weighted by Gasteiger charge is -2.43. The number of nitrogens with zero attached hydrogens (tertiary/aromatic N) is 1. The minimum absolute atomic E-state index is 0.0954. The first-order chi connectivity index (χ1) is 9.95. The van der Waals surface area contributed by atoms with E-state index in [-0.39, 0.29) is 6.61 Å². The quantitative estimate of drug-likeness (QED) is 0.900. The predicted octanol–water partition coefficient (Wildman–Crippen LogP) is 4.22. The van der Waals surface area contributed by atoms with Crippen LogP contribution in [0.5, 0.6) is 5.75 Å². The van der Waals surface area contributed by atoms with Crippen molar-refractivity contribution in [2.24, 2.45) is 16.7 Å². The normalized spacial score (nSPS) is 32.7. The second-order valence-electron chi connectivity index (χ2n) is 7.47. The highest BCUT2D eigenvalue weighted by Crippen LogP contribution is 2.63. The molecule has 0 amide bonds. The molecule has 1 N–H and O–H groups in total. The summed E-state index contributed by atoms with van der Waals surface area (Å²) in [6.45, 7) is 7.32. The molecular weight excluding hydrogens is 260 g/mol. The first-order valence-electron chi connectivity index (χ1n) is 7.82. The van der Waals surface area contributed by atoms with E-state index in [0.29, 0.717) is 16.9 Å². The van der Waals surface area contributed by atoms with Gasteiger partial charge < -0.3 is 10.1 Å². The number of ether oxygens (including phenoxy) is 1. The molecular formula is C18H24N2O. The molecule has 3 atom stereocenters. The predicted molar refractivity (Wildman–Crippen MR) is 84.2 cm³/mol. The summed E-state index contributed by atoms with van der Waals surface area (Å²) in [5.41, 5.74) is 1.83. The summed E-state index contributed by atoms with van der Waals surface area (Å²) >= 11 is 0. The Morgan fingerprint density at radius 1 is 1.38 bits per heavy atom. The van der Waals surface area contributed by atoms with Gasteiger partial charge in [-0.1, -0.05) is 26.8 Å². The lowest BCUT2D eigenvalue weighted by Crippen LogP contribution is -2.45. The molecule has 21 heavy (non-hydrogen) atoms. The second-order valence-corrected chi connectivity index (χ2v) is 7.47.